The molecule has 0 aliphatic rings. The van der Waals surface area contributed by atoms with Crippen LogP contribution in [0.4, 0.5) is 0 Å². The monoisotopic (exact) mass is 704 g/mol. The third-order valence-electron chi connectivity index (χ3n) is 9.90. The SMILES string of the molecule is CCCCCCCCCCCC/C=C\CCCCCCCC(O)CC(=O)NC(CO)C(O)/C=C/CC/C=C/CCCCCCCCCCCC. The number of hydrogen-bond donors (Lipinski definition) is 4. The molecule has 0 rings (SSSR count). The van der Waals surface area contributed by atoms with Crippen molar-refractivity contribution in [3.05, 3.63) is 36.5 Å². The Morgan fingerprint density at radius 3 is 1.28 bits per heavy atom. The summed E-state index contributed by atoms with van der Waals surface area (Å²) in [5, 5.41) is 33.2. The zero-order chi connectivity index (χ0) is 36.6. The molecule has 0 fully saturated rings. The van der Waals surface area contributed by atoms with E-state index in [1.165, 1.54) is 148 Å². The molecular weight excluding hydrogens is 618 g/mol. The summed E-state index contributed by atoms with van der Waals surface area (Å²) in [6, 6.07) is -0.762. The molecule has 0 radical (unpaired) electrons. The molecule has 0 bridgehead atoms. The Labute approximate surface area is 311 Å². The number of carbonyl (C=O) groups is 1. The maximum atomic E-state index is 12.4. The van der Waals surface area contributed by atoms with Gasteiger partial charge in [0.25, 0.3) is 0 Å². The summed E-state index contributed by atoms with van der Waals surface area (Å²) >= 11 is 0. The quantitative estimate of drug-likeness (QED) is 0.0379. The van der Waals surface area contributed by atoms with Crippen molar-refractivity contribution in [3.63, 3.8) is 0 Å². The topological polar surface area (TPSA) is 89.8 Å². The first kappa shape index (κ1) is 48.6. The lowest BCUT2D eigenvalue weighted by Crippen LogP contribution is -2.45. The summed E-state index contributed by atoms with van der Waals surface area (Å²) in [6.45, 7) is 4.20. The number of rotatable bonds is 39. The van der Waals surface area contributed by atoms with Gasteiger partial charge < -0.3 is 20.6 Å². The molecule has 3 unspecified atom stereocenters. The highest BCUT2D eigenvalue weighted by Gasteiger charge is 2.20. The van der Waals surface area contributed by atoms with Crippen molar-refractivity contribution in [2.45, 2.75) is 238 Å². The predicted octanol–water partition coefficient (Wildman–Crippen LogP) is 12.4. The second-order valence-electron chi connectivity index (χ2n) is 14.9. The molecule has 0 aromatic rings. The molecule has 0 spiro atoms. The second-order valence-corrected chi connectivity index (χ2v) is 14.9. The lowest BCUT2D eigenvalue weighted by molar-refractivity contribution is -0.124. The molecule has 0 aliphatic heterocycles. The van der Waals surface area contributed by atoms with Gasteiger partial charge in [0.2, 0.25) is 5.91 Å². The molecule has 0 saturated heterocycles. The number of carbonyl (C=O) groups excluding carboxylic acids is 1. The van der Waals surface area contributed by atoms with E-state index in [9.17, 15) is 20.1 Å². The number of unbranched alkanes of at least 4 members (excludes halogenated alkanes) is 26. The third-order valence-corrected chi connectivity index (χ3v) is 9.90. The Morgan fingerprint density at radius 1 is 0.500 bits per heavy atom. The fourth-order valence-electron chi connectivity index (χ4n) is 6.53. The Bertz CT molecular complexity index is 779. The average molecular weight is 704 g/mol. The van der Waals surface area contributed by atoms with E-state index in [0.29, 0.717) is 6.42 Å². The molecule has 0 aromatic heterocycles. The average Bonchev–Trinajstić information content (AvgIpc) is 3.11. The van der Waals surface area contributed by atoms with Crippen LogP contribution in [0.15, 0.2) is 36.5 Å². The van der Waals surface area contributed by atoms with Crippen LogP contribution in [0.1, 0.15) is 219 Å². The fourth-order valence-corrected chi connectivity index (χ4v) is 6.53. The third kappa shape index (κ3) is 36.4. The zero-order valence-corrected chi connectivity index (χ0v) is 33.3. The first-order valence-corrected chi connectivity index (χ1v) is 21.8. The van der Waals surface area contributed by atoms with Crippen molar-refractivity contribution in [1.82, 2.24) is 5.32 Å². The summed E-state index contributed by atoms with van der Waals surface area (Å²) in [5.41, 5.74) is 0. The van der Waals surface area contributed by atoms with Crippen LogP contribution >= 0.6 is 0 Å². The molecule has 4 N–H and O–H groups in total. The minimum Gasteiger partial charge on any atom is -0.394 e. The van der Waals surface area contributed by atoms with E-state index in [0.717, 1.165) is 44.9 Å². The summed E-state index contributed by atoms with van der Waals surface area (Å²) in [7, 11) is 0. The fraction of sp³-hybridized carbons (Fsp3) is 0.844. The lowest BCUT2D eigenvalue weighted by Gasteiger charge is -2.20. The van der Waals surface area contributed by atoms with Crippen LogP contribution in [0.5, 0.6) is 0 Å². The second kappa shape index (κ2) is 40.3. The Balaban J connectivity index is 3.72. The highest BCUT2D eigenvalue weighted by molar-refractivity contribution is 5.76. The molecule has 294 valence electrons. The number of amides is 1. The van der Waals surface area contributed by atoms with Crippen molar-refractivity contribution >= 4 is 5.91 Å². The molecule has 0 aromatic carbocycles. The van der Waals surface area contributed by atoms with Crippen LogP contribution in [0.2, 0.25) is 0 Å². The van der Waals surface area contributed by atoms with Crippen molar-refractivity contribution in [2.75, 3.05) is 6.61 Å². The van der Waals surface area contributed by atoms with E-state index in [2.05, 4.69) is 43.5 Å². The number of nitrogens with one attached hydrogen (secondary N) is 1. The van der Waals surface area contributed by atoms with E-state index in [1.54, 1.807) is 6.08 Å². The van der Waals surface area contributed by atoms with Gasteiger partial charge in [-0.2, -0.15) is 0 Å². The van der Waals surface area contributed by atoms with Crippen molar-refractivity contribution < 1.29 is 20.1 Å². The molecule has 0 saturated carbocycles. The Hall–Kier alpha value is -1.43. The van der Waals surface area contributed by atoms with Gasteiger partial charge in [-0.05, 0) is 57.8 Å². The van der Waals surface area contributed by atoms with Gasteiger partial charge in [0.05, 0.1) is 31.3 Å². The summed E-state index contributed by atoms with van der Waals surface area (Å²) in [4.78, 5) is 12.4. The maximum absolute atomic E-state index is 12.4. The summed E-state index contributed by atoms with van der Waals surface area (Å²) < 4.78 is 0. The van der Waals surface area contributed by atoms with E-state index in [1.807, 2.05) is 6.08 Å². The largest absolute Gasteiger partial charge is 0.394 e. The van der Waals surface area contributed by atoms with Gasteiger partial charge in [-0.15, -0.1) is 0 Å². The lowest BCUT2D eigenvalue weighted by atomic mass is 10.0. The number of aliphatic hydroxyl groups is 3. The van der Waals surface area contributed by atoms with Crippen LogP contribution < -0.4 is 5.32 Å². The normalized spacial score (nSPS) is 13.9. The number of allylic oxidation sites excluding steroid dienone is 5. The van der Waals surface area contributed by atoms with E-state index >= 15 is 0 Å². The van der Waals surface area contributed by atoms with Gasteiger partial charge in [0.15, 0.2) is 0 Å². The predicted molar refractivity (Wildman–Crippen MR) is 218 cm³/mol. The van der Waals surface area contributed by atoms with Crippen LogP contribution in [0.3, 0.4) is 0 Å². The Morgan fingerprint density at radius 2 is 0.860 bits per heavy atom. The molecule has 5 heteroatoms. The van der Waals surface area contributed by atoms with Crippen molar-refractivity contribution in [1.29, 1.82) is 0 Å². The standard InChI is InChI=1S/C45H85NO4/c1-3-5-7-9-11-13-15-17-19-21-22-23-24-26-28-30-32-34-36-38-42(48)40-45(50)46-43(41-47)44(49)39-37-35-33-31-29-27-25-20-18-16-14-12-10-8-6-4-2/h23-24,29,31,37,39,42-44,47-49H,3-22,25-28,30,32-36,38,40-41H2,1-2H3,(H,46,50)/b24-23-,31-29+,39-37+. The number of aliphatic hydroxyl groups excluding tert-OH is 3. The van der Waals surface area contributed by atoms with Crippen molar-refractivity contribution in [2.24, 2.45) is 0 Å². The molecule has 0 heterocycles. The minimum absolute atomic E-state index is 0.000613. The van der Waals surface area contributed by atoms with Gasteiger partial charge in [0.1, 0.15) is 0 Å². The molecule has 50 heavy (non-hydrogen) atoms. The van der Waals surface area contributed by atoms with E-state index < -0.39 is 18.2 Å². The van der Waals surface area contributed by atoms with Gasteiger partial charge in [0, 0.05) is 0 Å². The van der Waals surface area contributed by atoms with E-state index in [4.69, 9.17) is 0 Å². The van der Waals surface area contributed by atoms with Crippen LogP contribution in [0.25, 0.3) is 0 Å². The molecule has 3 atom stereocenters. The maximum Gasteiger partial charge on any atom is 0.222 e. The highest BCUT2D eigenvalue weighted by Crippen LogP contribution is 2.14. The van der Waals surface area contributed by atoms with Crippen molar-refractivity contribution in [3.8, 4) is 0 Å². The number of hydrogen-bond acceptors (Lipinski definition) is 4. The van der Waals surface area contributed by atoms with Gasteiger partial charge in [-0.3, -0.25) is 4.79 Å². The van der Waals surface area contributed by atoms with Crippen LogP contribution in [-0.4, -0.2) is 46.1 Å². The Kier molecular flexibility index (Phi) is 39.2. The van der Waals surface area contributed by atoms with Crippen LogP contribution in [0, 0.1) is 0 Å². The smallest absolute Gasteiger partial charge is 0.222 e. The van der Waals surface area contributed by atoms with Gasteiger partial charge in [-0.1, -0.05) is 192 Å². The minimum atomic E-state index is -0.953. The first-order chi connectivity index (χ1) is 24.5. The zero-order valence-electron chi connectivity index (χ0n) is 33.3. The first-order valence-electron chi connectivity index (χ1n) is 21.8. The molecule has 5 nitrogen and oxygen atoms in total. The summed E-state index contributed by atoms with van der Waals surface area (Å²) in [5.74, 6) is -0.330. The molecule has 1 amide bonds. The molecular formula is C45H85NO4. The van der Waals surface area contributed by atoms with Crippen LogP contribution in [-0.2, 0) is 4.79 Å². The van der Waals surface area contributed by atoms with E-state index in [-0.39, 0.29) is 18.9 Å². The highest BCUT2D eigenvalue weighted by atomic mass is 16.3. The molecule has 0 aliphatic carbocycles. The summed E-state index contributed by atoms with van der Waals surface area (Å²) in [6.07, 6.45) is 50.0. The van der Waals surface area contributed by atoms with Gasteiger partial charge in [-0.25, -0.2) is 0 Å². The van der Waals surface area contributed by atoms with Gasteiger partial charge >= 0.3 is 0 Å².